The SMILES string of the molecule is Cc1ccc(C(CC(=O)O)NC(=O)c2ccc(N3CCN(C(=O)c4ccc5c(c4)OCO5)CC3)c(NC(=O)C3CCCCC3)c2)cc1. The highest BCUT2D eigenvalue weighted by Gasteiger charge is 2.28. The number of amides is 3. The van der Waals surface area contributed by atoms with E-state index in [-0.39, 0.29) is 30.9 Å². The number of rotatable bonds is 9. The van der Waals surface area contributed by atoms with Crippen molar-refractivity contribution in [3.63, 3.8) is 0 Å². The summed E-state index contributed by atoms with van der Waals surface area (Å²) in [5.41, 5.74) is 3.86. The second kappa shape index (κ2) is 14.1. The van der Waals surface area contributed by atoms with E-state index in [4.69, 9.17) is 9.47 Å². The van der Waals surface area contributed by atoms with Gasteiger partial charge in [-0.3, -0.25) is 19.2 Å². The number of hydrogen-bond donors (Lipinski definition) is 3. The first-order valence-electron chi connectivity index (χ1n) is 16.2. The van der Waals surface area contributed by atoms with E-state index in [9.17, 15) is 24.3 Å². The lowest BCUT2D eigenvalue weighted by Crippen LogP contribution is -2.49. The second-order valence-electron chi connectivity index (χ2n) is 12.4. The van der Waals surface area contributed by atoms with Gasteiger partial charge in [0.25, 0.3) is 11.8 Å². The van der Waals surface area contributed by atoms with Crippen LogP contribution >= 0.6 is 0 Å². The third kappa shape index (κ3) is 7.51. The average Bonchev–Trinajstić information content (AvgIpc) is 3.56. The topological polar surface area (TPSA) is 138 Å². The molecule has 3 aliphatic rings. The van der Waals surface area contributed by atoms with Gasteiger partial charge in [0.2, 0.25) is 12.7 Å². The monoisotopic (exact) mass is 640 g/mol. The van der Waals surface area contributed by atoms with E-state index in [1.54, 1.807) is 35.2 Å². The normalized spacial score (nSPS) is 16.8. The summed E-state index contributed by atoms with van der Waals surface area (Å²) in [6.45, 7) is 4.08. The number of carbonyl (C=O) groups excluding carboxylic acids is 3. The first kappa shape index (κ1) is 31.9. The van der Waals surface area contributed by atoms with Crippen molar-refractivity contribution in [3.05, 3.63) is 82.9 Å². The van der Waals surface area contributed by atoms with E-state index < -0.39 is 17.9 Å². The van der Waals surface area contributed by atoms with E-state index in [0.29, 0.717) is 60.1 Å². The van der Waals surface area contributed by atoms with Crippen LogP contribution in [0.1, 0.15) is 76.4 Å². The van der Waals surface area contributed by atoms with Crippen LogP contribution in [-0.4, -0.2) is 66.7 Å². The molecule has 0 bridgehead atoms. The maximum Gasteiger partial charge on any atom is 0.305 e. The summed E-state index contributed by atoms with van der Waals surface area (Å²) in [6, 6.07) is 17.0. The molecule has 3 aromatic rings. The summed E-state index contributed by atoms with van der Waals surface area (Å²) in [5.74, 6) is -0.525. The van der Waals surface area contributed by atoms with Crippen LogP contribution in [0.3, 0.4) is 0 Å². The van der Waals surface area contributed by atoms with Crippen molar-refractivity contribution in [2.75, 3.05) is 43.2 Å². The van der Waals surface area contributed by atoms with Crippen molar-refractivity contribution >= 4 is 35.1 Å². The van der Waals surface area contributed by atoms with Gasteiger partial charge < -0.3 is 35.0 Å². The molecule has 1 unspecified atom stereocenters. The van der Waals surface area contributed by atoms with Gasteiger partial charge in [-0.2, -0.15) is 0 Å². The summed E-state index contributed by atoms with van der Waals surface area (Å²) in [6.07, 6.45) is 4.53. The van der Waals surface area contributed by atoms with E-state index in [1.165, 1.54) is 0 Å². The molecule has 0 spiro atoms. The Hall–Kier alpha value is -5.06. The molecule has 47 heavy (non-hydrogen) atoms. The van der Waals surface area contributed by atoms with Crippen LogP contribution in [0.15, 0.2) is 60.7 Å². The van der Waals surface area contributed by atoms with Gasteiger partial charge >= 0.3 is 5.97 Å². The molecule has 0 radical (unpaired) electrons. The summed E-state index contributed by atoms with van der Waals surface area (Å²) in [5, 5.41) is 15.6. The summed E-state index contributed by atoms with van der Waals surface area (Å²) >= 11 is 0. The molecule has 2 fully saturated rings. The van der Waals surface area contributed by atoms with Crippen molar-refractivity contribution in [1.82, 2.24) is 10.2 Å². The van der Waals surface area contributed by atoms with E-state index >= 15 is 0 Å². The van der Waals surface area contributed by atoms with Gasteiger partial charge in [-0.05, 0) is 61.7 Å². The van der Waals surface area contributed by atoms with Crippen LogP contribution in [0, 0.1) is 12.8 Å². The second-order valence-corrected chi connectivity index (χ2v) is 12.4. The Kier molecular flexibility index (Phi) is 9.60. The maximum atomic E-state index is 13.5. The molecule has 1 saturated carbocycles. The Labute approximate surface area is 273 Å². The number of anilines is 2. The van der Waals surface area contributed by atoms with Gasteiger partial charge in [-0.1, -0.05) is 49.1 Å². The lowest BCUT2D eigenvalue weighted by atomic mass is 9.88. The number of carbonyl (C=O) groups is 4. The number of piperazine rings is 1. The molecule has 246 valence electrons. The molecule has 3 N–H and O–H groups in total. The van der Waals surface area contributed by atoms with Crippen LogP contribution < -0.4 is 25.0 Å². The summed E-state index contributed by atoms with van der Waals surface area (Å²) in [7, 11) is 0. The van der Waals surface area contributed by atoms with E-state index in [1.807, 2.05) is 37.3 Å². The molecule has 3 amide bonds. The standard InChI is InChI=1S/C36H40N4O7/c1-23-7-9-24(10-8-23)28(21-33(41)42)37-35(44)26-11-13-30(29(19-26)38-34(43)25-5-3-2-4-6-25)39-15-17-40(18-16-39)36(45)27-12-14-31-32(20-27)47-22-46-31/h7-14,19-20,25,28H,2-6,15-18,21-22H2,1H3,(H,37,44)(H,38,43)(H,41,42). The number of carboxylic acids is 1. The molecule has 1 aliphatic carbocycles. The van der Waals surface area contributed by atoms with Crippen LogP contribution in [0.5, 0.6) is 11.5 Å². The maximum absolute atomic E-state index is 13.5. The molecule has 3 aromatic carbocycles. The number of aryl methyl sites for hydroxylation is 1. The largest absolute Gasteiger partial charge is 0.481 e. The summed E-state index contributed by atoms with van der Waals surface area (Å²) < 4.78 is 10.8. The van der Waals surface area contributed by atoms with Crippen molar-refractivity contribution in [2.24, 2.45) is 5.92 Å². The molecule has 6 rings (SSSR count). The number of carboxylic acid groups (broad SMARTS) is 1. The minimum atomic E-state index is -1.03. The summed E-state index contributed by atoms with van der Waals surface area (Å²) in [4.78, 5) is 55.8. The Morgan fingerprint density at radius 3 is 2.28 bits per heavy atom. The van der Waals surface area contributed by atoms with Gasteiger partial charge in [-0.25, -0.2) is 0 Å². The molecular weight excluding hydrogens is 600 g/mol. The minimum Gasteiger partial charge on any atom is -0.481 e. The zero-order valence-corrected chi connectivity index (χ0v) is 26.5. The fraction of sp³-hybridized carbons (Fsp3) is 0.389. The Morgan fingerprint density at radius 1 is 0.851 bits per heavy atom. The zero-order chi connectivity index (χ0) is 32.9. The highest BCUT2D eigenvalue weighted by Crippen LogP contribution is 2.34. The highest BCUT2D eigenvalue weighted by atomic mass is 16.7. The molecule has 2 aliphatic heterocycles. The highest BCUT2D eigenvalue weighted by molar-refractivity contribution is 6.01. The Balaban J connectivity index is 1.20. The van der Waals surface area contributed by atoms with Crippen LogP contribution in [-0.2, 0) is 9.59 Å². The Bertz CT molecular complexity index is 1640. The first-order chi connectivity index (χ1) is 22.7. The van der Waals surface area contributed by atoms with E-state index in [0.717, 1.165) is 43.4 Å². The molecule has 0 aromatic heterocycles. The molecular formula is C36H40N4O7. The predicted molar refractivity (Wildman–Crippen MR) is 176 cm³/mol. The Morgan fingerprint density at radius 2 is 1.55 bits per heavy atom. The molecule has 1 saturated heterocycles. The number of nitrogens with one attached hydrogen (secondary N) is 2. The molecule has 2 heterocycles. The van der Waals surface area contributed by atoms with E-state index in [2.05, 4.69) is 15.5 Å². The van der Waals surface area contributed by atoms with Gasteiger partial charge in [0, 0.05) is 43.2 Å². The third-order valence-corrected chi connectivity index (χ3v) is 9.18. The molecule has 1 atom stereocenters. The van der Waals surface area contributed by atoms with Crippen molar-refractivity contribution in [1.29, 1.82) is 0 Å². The third-order valence-electron chi connectivity index (χ3n) is 9.18. The van der Waals surface area contributed by atoms with Crippen LogP contribution in [0.25, 0.3) is 0 Å². The zero-order valence-electron chi connectivity index (χ0n) is 26.5. The fourth-order valence-electron chi connectivity index (χ4n) is 6.48. The predicted octanol–water partition coefficient (Wildman–Crippen LogP) is 5.15. The lowest BCUT2D eigenvalue weighted by molar-refractivity contribution is -0.137. The number of benzene rings is 3. The van der Waals surface area contributed by atoms with Gasteiger partial charge in [0.15, 0.2) is 11.5 Å². The number of ether oxygens (including phenoxy) is 2. The van der Waals surface area contributed by atoms with Crippen LogP contribution in [0.4, 0.5) is 11.4 Å². The average molecular weight is 641 g/mol. The van der Waals surface area contributed by atoms with Crippen molar-refractivity contribution in [3.8, 4) is 11.5 Å². The van der Waals surface area contributed by atoms with Gasteiger partial charge in [0.05, 0.1) is 23.8 Å². The van der Waals surface area contributed by atoms with Gasteiger partial charge in [-0.15, -0.1) is 0 Å². The van der Waals surface area contributed by atoms with Crippen molar-refractivity contribution < 1.29 is 33.8 Å². The molecule has 11 nitrogen and oxygen atoms in total. The number of aliphatic carboxylic acids is 1. The minimum absolute atomic E-state index is 0.0662. The first-order valence-corrected chi connectivity index (χ1v) is 16.2. The number of fused-ring (bicyclic) bond motifs is 1. The van der Waals surface area contributed by atoms with Crippen molar-refractivity contribution in [2.45, 2.75) is 51.5 Å². The fourth-order valence-corrected chi connectivity index (χ4v) is 6.48. The smallest absolute Gasteiger partial charge is 0.305 e. The number of hydrogen-bond acceptors (Lipinski definition) is 7. The quantitative estimate of drug-likeness (QED) is 0.292. The van der Waals surface area contributed by atoms with Crippen LogP contribution in [0.2, 0.25) is 0 Å². The van der Waals surface area contributed by atoms with Gasteiger partial charge in [0.1, 0.15) is 0 Å². The lowest BCUT2D eigenvalue weighted by Gasteiger charge is -2.37. The molecule has 11 heteroatoms. The number of nitrogens with zero attached hydrogens (tertiary/aromatic N) is 2.